The fraction of sp³-hybridized carbons (Fsp3) is 0.120. The third-order valence-corrected chi connectivity index (χ3v) is 7.50. The molecule has 0 saturated carbocycles. The summed E-state index contributed by atoms with van der Waals surface area (Å²) in [7, 11) is -4.07. The number of carbonyl (C=O) groups excluding carboxylic acids is 1. The number of halogens is 1. The molecule has 1 fully saturated rings. The first-order valence-electron chi connectivity index (χ1n) is 10.6. The molecule has 0 unspecified atom stereocenters. The number of amides is 1. The van der Waals surface area contributed by atoms with Crippen LogP contribution in [0.1, 0.15) is 18.1 Å². The highest BCUT2D eigenvalue weighted by atomic mass is 79.9. The molecule has 7 nitrogen and oxygen atoms in total. The van der Waals surface area contributed by atoms with E-state index in [1.807, 2.05) is 31.2 Å². The predicted molar refractivity (Wildman–Crippen MR) is 142 cm³/mol. The van der Waals surface area contributed by atoms with Crippen molar-refractivity contribution < 1.29 is 22.1 Å². The molecule has 4 rings (SSSR count). The van der Waals surface area contributed by atoms with Gasteiger partial charge in [0.2, 0.25) is 0 Å². The molecule has 3 aromatic rings. The Labute approximate surface area is 216 Å². The molecule has 10 heteroatoms. The first kappa shape index (κ1) is 25.0. The maximum atomic E-state index is 12.7. The van der Waals surface area contributed by atoms with Crippen LogP contribution in [-0.4, -0.2) is 26.1 Å². The summed E-state index contributed by atoms with van der Waals surface area (Å²) in [4.78, 5) is 17.5. The SMILES string of the molecule is CCOc1cc(/C=C2\SC(=Nc3ccc(C)cc3)NC2=O)cc(Br)c1OS(=O)(=O)c1ccccc1. The number of benzene rings is 3. The molecule has 180 valence electrons. The molecular formula is C25H21BrN2O5S2. The van der Waals surface area contributed by atoms with Gasteiger partial charge >= 0.3 is 10.1 Å². The molecule has 1 N–H and O–H groups in total. The Kier molecular flexibility index (Phi) is 7.63. The van der Waals surface area contributed by atoms with E-state index in [1.54, 1.807) is 43.3 Å². The van der Waals surface area contributed by atoms with E-state index in [0.29, 0.717) is 20.1 Å². The minimum absolute atomic E-state index is 0.0277. The van der Waals surface area contributed by atoms with Gasteiger partial charge in [-0.25, -0.2) is 4.99 Å². The number of ether oxygens (including phenoxy) is 1. The van der Waals surface area contributed by atoms with E-state index in [4.69, 9.17) is 8.92 Å². The standard InChI is InChI=1S/C25H21BrN2O5S2/c1-3-32-21-14-17(13-20(26)23(21)33-35(30,31)19-7-5-4-6-8-19)15-22-24(29)28-25(34-22)27-18-11-9-16(2)10-12-18/h4-15H,3H2,1-2H3,(H,27,28,29)/b22-15-. The minimum Gasteiger partial charge on any atom is -0.490 e. The third-order valence-electron chi connectivity index (χ3n) is 4.77. The van der Waals surface area contributed by atoms with Gasteiger partial charge in [0.15, 0.2) is 16.7 Å². The van der Waals surface area contributed by atoms with Crippen LogP contribution in [-0.2, 0) is 14.9 Å². The zero-order valence-electron chi connectivity index (χ0n) is 18.8. The molecule has 0 bridgehead atoms. The second kappa shape index (κ2) is 10.7. The van der Waals surface area contributed by atoms with Gasteiger partial charge in [-0.05, 0) is 89.6 Å². The van der Waals surface area contributed by atoms with Crippen LogP contribution in [0.3, 0.4) is 0 Å². The number of rotatable bonds is 7. The van der Waals surface area contributed by atoms with Crippen molar-refractivity contribution in [1.82, 2.24) is 5.32 Å². The summed E-state index contributed by atoms with van der Waals surface area (Å²) >= 11 is 4.61. The van der Waals surface area contributed by atoms with E-state index in [0.717, 1.165) is 11.3 Å². The molecular weight excluding hydrogens is 552 g/mol. The number of aliphatic imine (C=N–C) groups is 1. The van der Waals surface area contributed by atoms with E-state index >= 15 is 0 Å². The van der Waals surface area contributed by atoms with Crippen LogP contribution in [0.25, 0.3) is 6.08 Å². The molecule has 3 aromatic carbocycles. The Hall–Kier alpha value is -3.08. The molecule has 0 spiro atoms. The lowest BCUT2D eigenvalue weighted by atomic mass is 10.2. The zero-order chi connectivity index (χ0) is 25.0. The maximum Gasteiger partial charge on any atom is 0.339 e. The summed E-state index contributed by atoms with van der Waals surface area (Å²) in [6, 6.07) is 18.8. The fourth-order valence-electron chi connectivity index (χ4n) is 3.13. The lowest BCUT2D eigenvalue weighted by molar-refractivity contribution is -0.115. The molecule has 35 heavy (non-hydrogen) atoms. The molecule has 0 atom stereocenters. The smallest absolute Gasteiger partial charge is 0.339 e. The van der Waals surface area contributed by atoms with Crippen LogP contribution in [0.5, 0.6) is 11.5 Å². The average Bonchev–Trinajstić information content (AvgIpc) is 3.17. The molecule has 0 radical (unpaired) electrons. The predicted octanol–water partition coefficient (Wildman–Crippen LogP) is 5.82. The molecule has 1 aliphatic rings. The van der Waals surface area contributed by atoms with E-state index in [-0.39, 0.29) is 28.9 Å². The van der Waals surface area contributed by atoms with Crippen molar-refractivity contribution in [3.05, 3.63) is 87.2 Å². The van der Waals surface area contributed by atoms with Gasteiger partial charge in [0.05, 0.1) is 21.7 Å². The van der Waals surface area contributed by atoms with Crippen molar-refractivity contribution in [3.63, 3.8) is 0 Å². The van der Waals surface area contributed by atoms with Crippen molar-refractivity contribution >= 4 is 60.6 Å². The van der Waals surface area contributed by atoms with Crippen LogP contribution in [0, 0.1) is 6.92 Å². The summed E-state index contributed by atoms with van der Waals surface area (Å²) in [5.74, 6) is -0.0184. The second-order valence-electron chi connectivity index (χ2n) is 7.43. The second-order valence-corrected chi connectivity index (χ2v) is 10.9. The number of amidine groups is 1. The number of nitrogens with zero attached hydrogens (tertiary/aromatic N) is 1. The summed E-state index contributed by atoms with van der Waals surface area (Å²) in [5.41, 5.74) is 2.48. The molecule has 1 aliphatic heterocycles. The van der Waals surface area contributed by atoms with Gasteiger partial charge in [0, 0.05) is 0 Å². The Balaban J connectivity index is 1.62. The van der Waals surface area contributed by atoms with Gasteiger partial charge in [-0.15, -0.1) is 0 Å². The van der Waals surface area contributed by atoms with Gasteiger partial charge in [-0.1, -0.05) is 35.9 Å². The number of hydrogen-bond donors (Lipinski definition) is 1. The third kappa shape index (κ3) is 6.14. The first-order valence-corrected chi connectivity index (χ1v) is 13.6. The molecule has 1 amide bonds. The Morgan fingerprint density at radius 2 is 1.80 bits per heavy atom. The summed E-state index contributed by atoms with van der Waals surface area (Å²) in [6.45, 7) is 4.06. The minimum atomic E-state index is -4.07. The van der Waals surface area contributed by atoms with Crippen LogP contribution < -0.4 is 14.2 Å². The number of nitrogens with one attached hydrogen (secondary N) is 1. The van der Waals surface area contributed by atoms with Crippen LogP contribution >= 0.6 is 27.7 Å². The summed E-state index contributed by atoms with van der Waals surface area (Å²) < 4.78 is 36.9. The Morgan fingerprint density at radius 3 is 2.49 bits per heavy atom. The highest BCUT2D eigenvalue weighted by Gasteiger charge is 2.25. The maximum absolute atomic E-state index is 12.7. The van der Waals surface area contributed by atoms with Crippen LogP contribution in [0.2, 0.25) is 0 Å². The monoisotopic (exact) mass is 572 g/mol. The number of carbonyl (C=O) groups is 1. The van der Waals surface area contributed by atoms with Crippen molar-refractivity contribution in [2.24, 2.45) is 4.99 Å². The molecule has 0 aliphatic carbocycles. The van der Waals surface area contributed by atoms with Crippen LogP contribution in [0.15, 0.2) is 86.0 Å². The lowest BCUT2D eigenvalue weighted by Crippen LogP contribution is -2.19. The van der Waals surface area contributed by atoms with Gasteiger partial charge in [0.25, 0.3) is 5.91 Å². The van der Waals surface area contributed by atoms with Crippen molar-refractivity contribution in [1.29, 1.82) is 0 Å². The van der Waals surface area contributed by atoms with E-state index < -0.39 is 10.1 Å². The lowest BCUT2D eigenvalue weighted by Gasteiger charge is -2.14. The molecule has 1 heterocycles. The Morgan fingerprint density at radius 1 is 1.09 bits per heavy atom. The van der Waals surface area contributed by atoms with Gasteiger partial charge < -0.3 is 14.2 Å². The number of aryl methyl sites for hydroxylation is 1. The van der Waals surface area contributed by atoms with Gasteiger partial charge in [-0.3, -0.25) is 4.79 Å². The number of hydrogen-bond acceptors (Lipinski definition) is 7. The number of thioether (sulfide) groups is 1. The summed E-state index contributed by atoms with van der Waals surface area (Å²) in [6.07, 6.45) is 1.68. The normalized spacial score (nSPS) is 15.9. The van der Waals surface area contributed by atoms with Crippen molar-refractivity contribution in [2.75, 3.05) is 6.61 Å². The summed E-state index contributed by atoms with van der Waals surface area (Å²) in [5, 5.41) is 3.24. The van der Waals surface area contributed by atoms with E-state index in [2.05, 4.69) is 26.2 Å². The Bertz CT molecular complexity index is 1420. The van der Waals surface area contributed by atoms with Gasteiger partial charge in [-0.2, -0.15) is 8.42 Å². The fourth-order valence-corrected chi connectivity index (χ4v) is 5.60. The highest BCUT2D eigenvalue weighted by Crippen LogP contribution is 2.40. The highest BCUT2D eigenvalue weighted by molar-refractivity contribution is 9.10. The quantitative estimate of drug-likeness (QED) is 0.283. The largest absolute Gasteiger partial charge is 0.490 e. The zero-order valence-corrected chi connectivity index (χ0v) is 22.0. The molecule has 0 aromatic heterocycles. The topological polar surface area (TPSA) is 94.1 Å². The van der Waals surface area contributed by atoms with Gasteiger partial charge in [0.1, 0.15) is 4.90 Å². The molecule has 1 saturated heterocycles. The van der Waals surface area contributed by atoms with Crippen molar-refractivity contribution in [2.45, 2.75) is 18.7 Å². The van der Waals surface area contributed by atoms with E-state index in [9.17, 15) is 13.2 Å². The first-order chi connectivity index (χ1) is 16.7. The average molecular weight is 573 g/mol. The van der Waals surface area contributed by atoms with Crippen molar-refractivity contribution in [3.8, 4) is 11.5 Å². The van der Waals surface area contributed by atoms with Crippen LogP contribution in [0.4, 0.5) is 5.69 Å². The van der Waals surface area contributed by atoms with E-state index in [1.165, 1.54) is 23.9 Å².